The van der Waals surface area contributed by atoms with Crippen LogP contribution >= 0.6 is 34.5 Å². The second-order valence-corrected chi connectivity index (χ2v) is 6.74. The summed E-state index contributed by atoms with van der Waals surface area (Å²) in [6.07, 6.45) is 2.73. The predicted octanol–water partition coefficient (Wildman–Crippen LogP) is 4.55. The molecular weight excluding hydrogens is 297 g/mol. The summed E-state index contributed by atoms with van der Waals surface area (Å²) in [7, 11) is 0. The van der Waals surface area contributed by atoms with Gasteiger partial charge in [-0.2, -0.15) is 0 Å². The predicted molar refractivity (Wildman–Crippen MR) is 82.4 cm³/mol. The molecule has 4 rings (SSSR count). The lowest BCUT2D eigenvalue weighted by Crippen LogP contribution is -2.16. The van der Waals surface area contributed by atoms with Gasteiger partial charge in [0.05, 0.1) is 5.02 Å². The van der Waals surface area contributed by atoms with Crippen molar-refractivity contribution in [2.45, 2.75) is 19.3 Å². The van der Waals surface area contributed by atoms with Crippen LogP contribution in [0.5, 0.6) is 0 Å². The molecule has 0 unspecified atom stereocenters. The van der Waals surface area contributed by atoms with E-state index >= 15 is 0 Å². The first kappa shape index (κ1) is 12.0. The summed E-state index contributed by atoms with van der Waals surface area (Å²) >= 11 is 14.8. The molecule has 2 aliphatic rings. The first-order valence-electron chi connectivity index (χ1n) is 6.33. The number of aliphatic imine (C=N–C) groups is 1. The Balaban J connectivity index is 1.83. The van der Waals surface area contributed by atoms with E-state index in [1.54, 1.807) is 11.3 Å². The molecular formula is C15H11Cl2NS. The molecule has 1 aliphatic heterocycles. The third kappa shape index (κ3) is 1.85. The molecule has 0 fully saturated rings. The Morgan fingerprint density at radius 3 is 2.79 bits per heavy atom. The van der Waals surface area contributed by atoms with Crippen molar-refractivity contribution in [2.75, 3.05) is 6.54 Å². The zero-order chi connectivity index (χ0) is 13.0. The SMILES string of the molecule is Clc1c2c(c(Cl)c3c1CCN=C3Cc1cccs1)C2. The van der Waals surface area contributed by atoms with Gasteiger partial charge in [-0.1, -0.05) is 29.3 Å². The highest BCUT2D eigenvalue weighted by molar-refractivity contribution is 7.10. The first-order chi connectivity index (χ1) is 9.25. The van der Waals surface area contributed by atoms with Gasteiger partial charge < -0.3 is 0 Å². The Morgan fingerprint density at radius 1 is 1.16 bits per heavy atom. The Morgan fingerprint density at radius 2 is 2.00 bits per heavy atom. The fourth-order valence-electron chi connectivity index (χ4n) is 2.77. The maximum Gasteiger partial charge on any atom is 0.0538 e. The van der Waals surface area contributed by atoms with Crippen molar-refractivity contribution in [3.8, 4) is 0 Å². The maximum atomic E-state index is 6.53. The summed E-state index contributed by atoms with van der Waals surface area (Å²) in [6.45, 7) is 0.822. The van der Waals surface area contributed by atoms with Gasteiger partial charge in [-0.3, -0.25) is 4.99 Å². The second-order valence-electron chi connectivity index (χ2n) is 4.95. The number of hydrogen-bond donors (Lipinski definition) is 0. The Kier molecular flexibility index (Phi) is 2.73. The average molecular weight is 308 g/mol. The van der Waals surface area contributed by atoms with Crippen LogP contribution in [0.15, 0.2) is 22.5 Å². The number of benzene rings is 1. The lowest BCUT2D eigenvalue weighted by Gasteiger charge is -2.19. The van der Waals surface area contributed by atoms with E-state index < -0.39 is 0 Å². The van der Waals surface area contributed by atoms with Gasteiger partial charge in [-0.15, -0.1) is 11.3 Å². The van der Waals surface area contributed by atoms with Crippen LogP contribution in [0.3, 0.4) is 0 Å². The van der Waals surface area contributed by atoms with Gasteiger partial charge in [0.1, 0.15) is 0 Å². The van der Waals surface area contributed by atoms with E-state index in [0.29, 0.717) is 0 Å². The lowest BCUT2D eigenvalue weighted by atomic mass is 9.95. The van der Waals surface area contributed by atoms with Gasteiger partial charge in [0.2, 0.25) is 0 Å². The Hall–Kier alpha value is -0.830. The largest absolute Gasteiger partial charge is 0.288 e. The van der Waals surface area contributed by atoms with Gasteiger partial charge in [0.15, 0.2) is 0 Å². The number of nitrogens with zero attached hydrogens (tertiary/aromatic N) is 1. The molecule has 0 spiro atoms. The molecule has 0 saturated carbocycles. The van der Waals surface area contributed by atoms with E-state index in [9.17, 15) is 0 Å². The van der Waals surface area contributed by atoms with E-state index in [0.717, 1.165) is 47.1 Å². The van der Waals surface area contributed by atoms with Crippen molar-refractivity contribution in [1.82, 2.24) is 0 Å². The van der Waals surface area contributed by atoms with Crippen molar-refractivity contribution in [2.24, 2.45) is 4.99 Å². The molecule has 2 aromatic rings. The minimum atomic E-state index is 0.822. The van der Waals surface area contributed by atoms with Gasteiger partial charge in [-0.05, 0) is 34.6 Å². The van der Waals surface area contributed by atoms with Crippen LogP contribution < -0.4 is 0 Å². The lowest BCUT2D eigenvalue weighted by molar-refractivity contribution is 0.936. The maximum absolute atomic E-state index is 6.53. The number of hydrogen-bond acceptors (Lipinski definition) is 2. The highest BCUT2D eigenvalue weighted by atomic mass is 35.5. The minimum Gasteiger partial charge on any atom is -0.288 e. The fourth-order valence-corrected chi connectivity index (χ4v) is 4.25. The molecule has 19 heavy (non-hydrogen) atoms. The summed E-state index contributed by atoms with van der Waals surface area (Å²) < 4.78 is 0. The summed E-state index contributed by atoms with van der Waals surface area (Å²) in [5.41, 5.74) is 5.91. The minimum absolute atomic E-state index is 0.822. The summed E-state index contributed by atoms with van der Waals surface area (Å²) in [4.78, 5) is 6.01. The molecule has 96 valence electrons. The Labute approximate surface area is 125 Å². The summed E-state index contributed by atoms with van der Waals surface area (Å²) in [5.74, 6) is 0. The highest BCUT2D eigenvalue weighted by Gasteiger charge is 2.33. The molecule has 0 amide bonds. The smallest absolute Gasteiger partial charge is 0.0538 e. The molecule has 0 atom stereocenters. The van der Waals surface area contributed by atoms with Crippen LogP contribution in [-0.2, 0) is 19.3 Å². The zero-order valence-electron chi connectivity index (χ0n) is 10.2. The molecule has 4 heteroatoms. The van der Waals surface area contributed by atoms with E-state index in [1.165, 1.54) is 21.6 Å². The fraction of sp³-hybridized carbons (Fsp3) is 0.267. The standard InChI is InChI=1S/C15H11Cl2NS/c16-14-9-3-4-18-12(6-8-2-1-5-19-8)13(9)15(17)11-7-10(11)14/h1-2,5H,3-4,6-7H2. The van der Waals surface area contributed by atoms with Crippen molar-refractivity contribution >= 4 is 40.3 Å². The van der Waals surface area contributed by atoms with Crippen molar-refractivity contribution in [1.29, 1.82) is 0 Å². The average Bonchev–Trinajstić information content (AvgIpc) is 3.07. The zero-order valence-corrected chi connectivity index (χ0v) is 12.5. The molecule has 1 aliphatic carbocycles. The number of thiophene rings is 1. The van der Waals surface area contributed by atoms with Crippen LogP contribution in [0, 0.1) is 0 Å². The summed E-state index contributed by atoms with van der Waals surface area (Å²) in [6, 6.07) is 4.22. The third-order valence-electron chi connectivity index (χ3n) is 3.78. The monoisotopic (exact) mass is 307 g/mol. The topological polar surface area (TPSA) is 12.4 Å². The number of fused-ring (bicyclic) bond motifs is 2. The molecule has 0 saturated heterocycles. The number of rotatable bonds is 2. The van der Waals surface area contributed by atoms with E-state index in [4.69, 9.17) is 28.2 Å². The molecule has 1 aromatic carbocycles. The molecule has 1 aromatic heterocycles. The van der Waals surface area contributed by atoms with Crippen LogP contribution in [-0.4, -0.2) is 12.3 Å². The van der Waals surface area contributed by atoms with Gasteiger partial charge >= 0.3 is 0 Å². The number of halogens is 2. The molecule has 1 nitrogen and oxygen atoms in total. The molecule has 2 heterocycles. The van der Waals surface area contributed by atoms with Gasteiger partial charge in [0, 0.05) is 40.6 Å². The van der Waals surface area contributed by atoms with Crippen LogP contribution in [0.1, 0.15) is 27.1 Å². The first-order valence-corrected chi connectivity index (χ1v) is 7.97. The molecule has 0 N–H and O–H groups in total. The highest BCUT2D eigenvalue weighted by Crippen LogP contribution is 2.46. The quantitative estimate of drug-likeness (QED) is 0.659. The van der Waals surface area contributed by atoms with E-state index in [-0.39, 0.29) is 0 Å². The molecule has 0 bridgehead atoms. The van der Waals surface area contributed by atoms with Crippen molar-refractivity contribution < 1.29 is 0 Å². The van der Waals surface area contributed by atoms with Gasteiger partial charge in [-0.25, -0.2) is 0 Å². The van der Waals surface area contributed by atoms with Gasteiger partial charge in [0.25, 0.3) is 0 Å². The van der Waals surface area contributed by atoms with Crippen LogP contribution in [0.25, 0.3) is 0 Å². The Bertz CT molecular complexity index is 702. The van der Waals surface area contributed by atoms with Crippen molar-refractivity contribution in [3.05, 3.63) is 54.7 Å². The van der Waals surface area contributed by atoms with Crippen LogP contribution in [0.4, 0.5) is 0 Å². The van der Waals surface area contributed by atoms with Crippen molar-refractivity contribution in [3.63, 3.8) is 0 Å². The third-order valence-corrected chi connectivity index (χ3v) is 5.53. The van der Waals surface area contributed by atoms with E-state index in [1.807, 2.05) is 0 Å². The molecule has 0 radical (unpaired) electrons. The second kappa shape index (κ2) is 4.34. The van der Waals surface area contributed by atoms with Crippen LogP contribution in [0.2, 0.25) is 10.0 Å². The van der Waals surface area contributed by atoms with E-state index in [2.05, 4.69) is 17.5 Å². The summed E-state index contributed by atoms with van der Waals surface area (Å²) in [5, 5.41) is 3.93. The normalized spacial score (nSPS) is 15.8.